The van der Waals surface area contributed by atoms with E-state index in [1.807, 2.05) is 26.8 Å². The number of rotatable bonds is 11. The number of benzene rings is 2. The lowest BCUT2D eigenvalue weighted by atomic mass is 10.1. The van der Waals surface area contributed by atoms with Gasteiger partial charge >= 0.3 is 0 Å². The first-order chi connectivity index (χ1) is 16.3. The molecule has 0 N–H and O–H groups in total. The van der Waals surface area contributed by atoms with Crippen molar-refractivity contribution in [3.63, 3.8) is 0 Å². The Balaban J connectivity index is 2.05. The van der Waals surface area contributed by atoms with Crippen molar-refractivity contribution < 1.29 is 19.4 Å². The van der Waals surface area contributed by atoms with E-state index in [9.17, 15) is 25.0 Å². The Morgan fingerprint density at radius 1 is 1.00 bits per heavy atom. The number of ether oxygens (including phenoxy) is 1. The topological polar surface area (TPSA) is 132 Å². The first-order valence-electron chi connectivity index (χ1n) is 10.8. The summed E-state index contributed by atoms with van der Waals surface area (Å²) in [5.41, 5.74) is -0.511. The van der Waals surface area contributed by atoms with Crippen LogP contribution in [0.3, 0.4) is 0 Å². The molecule has 0 atom stereocenters. The number of likely N-dealkylation sites (N-methyl/N-ethyl adjacent to an activating group) is 1. The molecule has 0 unspecified atom stereocenters. The summed E-state index contributed by atoms with van der Waals surface area (Å²) in [6, 6.07) is 8.38. The smallest absolute Gasteiger partial charge is 0.277 e. The molecular formula is C22H25N5O6S. The molecule has 0 fully saturated rings. The van der Waals surface area contributed by atoms with Crippen molar-refractivity contribution in [1.29, 1.82) is 0 Å². The van der Waals surface area contributed by atoms with Crippen LogP contribution in [0.2, 0.25) is 0 Å². The van der Waals surface area contributed by atoms with Crippen LogP contribution in [-0.2, 0) is 0 Å². The van der Waals surface area contributed by atoms with Crippen molar-refractivity contribution in [2.24, 2.45) is 0 Å². The Kier molecular flexibility index (Phi) is 8.08. The van der Waals surface area contributed by atoms with Crippen LogP contribution in [0.5, 0.6) is 5.75 Å². The molecule has 3 rings (SSSR count). The number of fused-ring (bicyclic) bond motifs is 1. The number of carbonyl (C=O) groups excluding carboxylic acids is 1. The standard InChI is InChI=1S/C22H25N5O6S/c1-4-24(5-2)9-10-25(22-23-19-8-7-18(33-6-3)14-20(19)34-22)21(28)15-11-16(26(29)30)13-17(12-15)27(31)32/h7-8,11-14H,4-6,9-10H2,1-3H3. The first kappa shape index (κ1) is 25.0. The van der Waals surface area contributed by atoms with Crippen LogP contribution in [0.15, 0.2) is 36.4 Å². The molecule has 0 aliphatic carbocycles. The molecule has 2 aromatic carbocycles. The molecule has 3 aromatic rings. The van der Waals surface area contributed by atoms with Gasteiger partial charge in [-0.05, 0) is 38.2 Å². The normalized spacial score (nSPS) is 11.1. The number of nitro groups is 2. The molecule has 0 spiro atoms. The van der Waals surface area contributed by atoms with E-state index < -0.39 is 27.1 Å². The molecule has 12 heteroatoms. The first-order valence-corrected chi connectivity index (χ1v) is 11.6. The van der Waals surface area contributed by atoms with Crippen molar-refractivity contribution in [1.82, 2.24) is 9.88 Å². The molecular weight excluding hydrogens is 462 g/mol. The van der Waals surface area contributed by atoms with Crippen molar-refractivity contribution in [2.45, 2.75) is 20.8 Å². The molecule has 1 aromatic heterocycles. The highest BCUT2D eigenvalue weighted by molar-refractivity contribution is 7.22. The summed E-state index contributed by atoms with van der Waals surface area (Å²) >= 11 is 1.28. The monoisotopic (exact) mass is 487 g/mol. The van der Waals surface area contributed by atoms with Crippen molar-refractivity contribution in [3.05, 3.63) is 62.2 Å². The van der Waals surface area contributed by atoms with E-state index >= 15 is 0 Å². The molecule has 11 nitrogen and oxygen atoms in total. The van der Waals surface area contributed by atoms with E-state index in [1.165, 1.54) is 16.2 Å². The van der Waals surface area contributed by atoms with Crippen LogP contribution in [0.4, 0.5) is 16.5 Å². The summed E-state index contributed by atoms with van der Waals surface area (Å²) in [7, 11) is 0. The Hall–Kier alpha value is -3.64. The Bertz CT molecular complexity index is 1180. The van der Waals surface area contributed by atoms with E-state index in [0.717, 1.165) is 36.0 Å². The van der Waals surface area contributed by atoms with E-state index in [2.05, 4.69) is 9.88 Å². The highest BCUT2D eigenvalue weighted by atomic mass is 32.1. The fourth-order valence-corrected chi connectivity index (χ4v) is 4.43. The number of anilines is 1. The van der Waals surface area contributed by atoms with E-state index in [4.69, 9.17) is 4.74 Å². The maximum Gasteiger partial charge on any atom is 0.277 e. The van der Waals surface area contributed by atoms with Gasteiger partial charge in [-0.3, -0.25) is 29.9 Å². The number of aromatic nitrogens is 1. The van der Waals surface area contributed by atoms with Crippen LogP contribution in [0, 0.1) is 20.2 Å². The maximum absolute atomic E-state index is 13.5. The SMILES string of the molecule is CCOc1ccc2nc(N(CCN(CC)CC)C(=O)c3cc([N+](=O)[O-])cc([N+](=O)[O-])c3)sc2c1. The lowest BCUT2D eigenvalue weighted by Gasteiger charge is -2.24. The van der Waals surface area contributed by atoms with Gasteiger partial charge < -0.3 is 9.64 Å². The molecule has 0 aliphatic heterocycles. The molecule has 34 heavy (non-hydrogen) atoms. The zero-order valence-corrected chi connectivity index (χ0v) is 19.9. The van der Waals surface area contributed by atoms with Gasteiger partial charge in [0.25, 0.3) is 17.3 Å². The van der Waals surface area contributed by atoms with E-state index in [1.54, 1.807) is 12.1 Å². The number of hydrogen-bond donors (Lipinski definition) is 0. The lowest BCUT2D eigenvalue weighted by molar-refractivity contribution is -0.394. The zero-order chi connectivity index (χ0) is 24.8. The minimum Gasteiger partial charge on any atom is -0.494 e. The summed E-state index contributed by atoms with van der Waals surface area (Å²) < 4.78 is 6.36. The second-order valence-corrected chi connectivity index (χ2v) is 8.30. The summed E-state index contributed by atoms with van der Waals surface area (Å²) in [4.78, 5) is 42.8. The zero-order valence-electron chi connectivity index (χ0n) is 19.1. The van der Waals surface area contributed by atoms with Gasteiger partial charge in [-0.2, -0.15) is 0 Å². The van der Waals surface area contributed by atoms with Gasteiger partial charge in [0.15, 0.2) is 5.13 Å². The molecule has 1 heterocycles. The van der Waals surface area contributed by atoms with Crippen LogP contribution in [-0.4, -0.2) is 58.4 Å². The number of thiazole rings is 1. The fourth-order valence-electron chi connectivity index (χ4n) is 3.42. The number of hydrogen-bond acceptors (Lipinski definition) is 9. The van der Waals surface area contributed by atoms with E-state index in [-0.39, 0.29) is 12.1 Å². The van der Waals surface area contributed by atoms with Gasteiger partial charge in [0, 0.05) is 25.2 Å². The van der Waals surface area contributed by atoms with Crippen LogP contribution < -0.4 is 9.64 Å². The van der Waals surface area contributed by atoms with Gasteiger partial charge in [-0.25, -0.2) is 4.98 Å². The third-order valence-electron chi connectivity index (χ3n) is 5.24. The fraction of sp³-hybridized carbons (Fsp3) is 0.364. The molecule has 0 saturated heterocycles. The van der Waals surface area contributed by atoms with Crippen LogP contribution >= 0.6 is 11.3 Å². The predicted molar refractivity (Wildman–Crippen MR) is 130 cm³/mol. The predicted octanol–water partition coefficient (Wildman–Crippen LogP) is 4.50. The highest BCUT2D eigenvalue weighted by Gasteiger charge is 2.26. The molecule has 1 amide bonds. The lowest BCUT2D eigenvalue weighted by Crippen LogP contribution is -2.38. The number of nitrogens with zero attached hydrogens (tertiary/aromatic N) is 5. The average Bonchev–Trinajstić information content (AvgIpc) is 3.24. The van der Waals surface area contributed by atoms with Gasteiger partial charge in [0.1, 0.15) is 5.75 Å². The maximum atomic E-state index is 13.5. The van der Waals surface area contributed by atoms with Crippen molar-refractivity contribution in [2.75, 3.05) is 37.7 Å². The number of non-ortho nitro benzene ring substituents is 2. The van der Waals surface area contributed by atoms with Gasteiger partial charge in [0.2, 0.25) is 0 Å². The van der Waals surface area contributed by atoms with Crippen molar-refractivity contribution >= 4 is 44.0 Å². The average molecular weight is 488 g/mol. The quantitative estimate of drug-likeness (QED) is 0.285. The van der Waals surface area contributed by atoms with Crippen molar-refractivity contribution in [3.8, 4) is 5.75 Å². The molecule has 180 valence electrons. The molecule has 0 aliphatic rings. The molecule has 0 saturated carbocycles. The Morgan fingerprint density at radius 2 is 1.65 bits per heavy atom. The summed E-state index contributed by atoms with van der Waals surface area (Å²) in [5.74, 6) is 0.0866. The van der Waals surface area contributed by atoms with E-state index in [0.29, 0.717) is 29.5 Å². The minimum absolute atomic E-state index is 0.144. The Labute approximate surface area is 199 Å². The number of nitro benzene ring substituents is 2. The number of amides is 1. The van der Waals surface area contributed by atoms with Crippen LogP contribution in [0.25, 0.3) is 10.2 Å². The summed E-state index contributed by atoms with van der Waals surface area (Å²) in [6.07, 6.45) is 0. The van der Waals surface area contributed by atoms with Gasteiger partial charge in [0.05, 0.1) is 38.3 Å². The van der Waals surface area contributed by atoms with Gasteiger partial charge in [-0.1, -0.05) is 25.2 Å². The highest BCUT2D eigenvalue weighted by Crippen LogP contribution is 2.33. The summed E-state index contributed by atoms with van der Waals surface area (Å²) in [6.45, 7) is 8.76. The number of carbonyl (C=O) groups is 1. The second kappa shape index (κ2) is 11.0. The third kappa shape index (κ3) is 5.64. The minimum atomic E-state index is -0.753. The molecule has 0 radical (unpaired) electrons. The largest absolute Gasteiger partial charge is 0.494 e. The van der Waals surface area contributed by atoms with Crippen LogP contribution in [0.1, 0.15) is 31.1 Å². The molecule has 0 bridgehead atoms. The van der Waals surface area contributed by atoms with Gasteiger partial charge in [-0.15, -0.1) is 0 Å². The third-order valence-corrected chi connectivity index (χ3v) is 6.28. The Morgan fingerprint density at radius 3 is 2.21 bits per heavy atom. The summed E-state index contributed by atoms with van der Waals surface area (Å²) in [5, 5.41) is 23.0. The second-order valence-electron chi connectivity index (χ2n) is 7.29.